The molecule has 1 N–H and O–H groups in total. The average molecular weight is 354 g/mol. The second-order valence-corrected chi connectivity index (χ2v) is 6.56. The van der Waals surface area contributed by atoms with E-state index in [9.17, 15) is 4.79 Å². The van der Waals surface area contributed by atoms with Crippen LogP contribution in [0.15, 0.2) is 66.2 Å². The van der Waals surface area contributed by atoms with Crippen molar-refractivity contribution in [3.05, 3.63) is 76.8 Å². The molecule has 0 aliphatic carbocycles. The van der Waals surface area contributed by atoms with Crippen molar-refractivity contribution in [3.63, 3.8) is 0 Å². The molecule has 24 heavy (non-hydrogen) atoms. The number of nitrogens with one attached hydrogen (secondary N) is 1. The summed E-state index contributed by atoms with van der Waals surface area (Å²) in [5.74, 6) is 0.430. The normalized spacial score (nSPS) is 10.9. The zero-order chi connectivity index (χ0) is 16.5. The van der Waals surface area contributed by atoms with Crippen LogP contribution in [0.2, 0.25) is 5.02 Å². The Morgan fingerprint density at radius 3 is 2.83 bits per heavy atom. The first-order chi connectivity index (χ1) is 11.7. The molecule has 4 rings (SSSR count). The third-order valence-corrected chi connectivity index (χ3v) is 4.71. The van der Waals surface area contributed by atoms with E-state index in [2.05, 4.69) is 10.3 Å². The molecular weight excluding hydrogens is 342 g/mol. The second kappa shape index (κ2) is 6.11. The predicted octanol–water partition coefficient (Wildman–Crippen LogP) is 4.97. The lowest BCUT2D eigenvalue weighted by molar-refractivity contribution is 0.102. The topological polar surface area (TPSA) is 46.4 Å². The number of imidazole rings is 1. The molecule has 0 spiro atoms. The highest BCUT2D eigenvalue weighted by molar-refractivity contribution is 7.13. The number of thiophene rings is 1. The third kappa shape index (κ3) is 2.68. The molecule has 0 atom stereocenters. The Hall–Kier alpha value is -2.63. The summed E-state index contributed by atoms with van der Waals surface area (Å²) in [5.41, 5.74) is 2.04. The van der Waals surface area contributed by atoms with Crippen molar-refractivity contribution < 1.29 is 4.79 Å². The average Bonchev–Trinajstić information content (AvgIpc) is 3.23. The van der Waals surface area contributed by atoms with Gasteiger partial charge in [0.2, 0.25) is 0 Å². The minimum atomic E-state index is -0.221. The number of rotatable bonds is 3. The second-order valence-electron chi connectivity index (χ2n) is 5.18. The Balaban J connectivity index is 1.80. The smallest absolute Gasteiger partial charge is 0.256 e. The van der Waals surface area contributed by atoms with E-state index < -0.39 is 0 Å². The van der Waals surface area contributed by atoms with Crippen LogP contribution in [0, 0.1) is 0 Å². The van der Waals surface area contributed by atoms with Gasteiger partial charge in [-0.05, 0) is 41.8 Å². The maximum absolute atomic E-state index is 12.6. The number of fused-ring (bicyclic) bond motifs is 1. The van der Waals surface area contributed by atoms with Crippen LogP contribution in [-0.4, -0.2) is 15.3 Å². The van der Waals surface area contributed by atoms with E-state index in [1.807, 2.05) is 46.3 Å². The summed E-state index contributed by atoms with van der Waals surface area (Å²) in [6, 6.07) is 16.6. The number of anilines is 1. The Kier molecular flexibility index (Phi) is 3.80. The number of hydrogen-bond acceptors (Lipinski definition) is 3. The summed E-state index contributed by atoms with van der Waals surface area (Å²) in [7, 11) is 0. The minimum Gasteiger partial charge on any atom is -0.306 e. The Labute approximate surface area is 147 Å². The summed E-state index contributed by atoms with van der Waals surface area (Å²) in [6.07, 6.45) is 1.88. The summed E-state index contributed by atoms with van der Waals surface area (Å²) in [6.45, 7) is 0. The Bertz CT molecular complexity index is 1020. The zero-order valence-electron chi connectivity index (χ0n) is 12.4. The molecule has 0 radical (unpaired) electrons. The maximum Gasteiger partial charge on any atom is 0.256 e. The molecule has 118 valence electrons. The van der Waals surface area contributed by atoms with Gasteiger partial charge in [0.1, 0.15) is 17.2 Å². The maximum atomic E-state index is 12.6. The molecule has 0 fully saturated rings. The molecule has 4 nitrogen and oxygen atoms in total. The lowest BCUT2D eigenvalue weighted by atomic mass is 10.2. The van der Waals surface area contributed by atoms with Crippen LogP contribution in [0.3, 0.4) is 0 Å². The molecule has 6 heteroatoms. The van der Waals surface area contributed by atoms with Crippen LogP contribution in [0.4, 0.5) is 5.82 Å². The molecule has 0 bridgehead atoms. The first-order valence-electron chi connectivity index (χ1n) is 7.30. The van der Waals surface area contributed by atoms with Crippen LogP contribution in [-0.2, 0) is 0 Å². The van der Waals surface area contributed by atoms with Gasteiger partial charge in [0.25, 0.3) is 5.91 Å². The van der Waals surface area contributed by atoms with Crippen LogP contribution in [0.1, 0.15) is 10.4 Å². The molecule has 1 aromatic carbocycles. The van der Waals surface area contributed by atoms with Gasteiger partial charge in [-0.1, -0.05) is 29.8 Å². The fourth-order valence-electron chi connectivity index (χ4n) is 2.51. The number of hydrogen-bond donors (Lipinski definition) is 1. The molecule has 0 saturated carbocycles. The molecule has 1 amide bonds. The van der Waals surface area contributed by atoms with Crippen molar-refractivity contribution in [1.82, 2.24) is 9.38 Å². The summed E-state index contributed by atoms with van der Waals surface area (Å²) in [4.78, 5) is 18.3. The van der Waals surface area contributed by atoms with Gasteiger partial charge in [-0.2, -0.15) is 0 Å². The van der Waals surface area contributed by atoms with Crippen molar-refractivity contribution in [2.75, 3.05) is 5.32 Å². The number of carbonyl (C=O) groups excluding carboxylic acids is 1. The Morgan fingerprint density at radius 1 is 1.12 bits per heavy atom. The van der Waals surface area contributed by atoms with Gasteiger partial charge in [-0.15, -0.1) is 11.3 Å². The molecule has 3 aromatic heterocycles. The van der Waals surface area contributed by atoms with Gasteiger partial charge in [-0.3, -0.25) is 9.20 Å². The molecule has 0 aliphatic heterocycles. The lowest BCUT2D eigenvalue weighted by Crippen LogP contribution is -2.13. The fraction of sp³-hybridized carbons (Fsp3) is 0. The first-order valence-corrected chi connectivity index (χ1v) is 8.56. The molecule has 3 heterocycles. The molecule has 0 aliphatic rings. The number of carbonyl (C=O) groups is 1. The van der Waals surface area contributed by atoms with E-state index in [0.29, 0.717) is 16.4 Å². The monoisotopic (exact) mass is 353 g/mol. The van der Waals surface area contributed by atoms with Crippen molar-refractivity contribution in [3.8, 4) is 10.6 Å². The number of amides is 1. The van der Waals surface area contributed by atoms with Gasteiger partial charge in [0.15, 0.2) is 0 Å². The first kappa shape index (κ1) is 14.9. The van der Waals surface area contributed by atoms with E-state index in [-0.39, 0.29) is 5.91 Å². The highest BCUT2D eigenvalue weighted by Crippen LogP contribution is 2.32. The quantitative estimate of drug-likeness (QED) is 0.565. The third-order valence-electron chi connectivity index (χ3n) is 3.60. The van der Waals surface area contributed by atoms with Crippen molar-refractivity contribution >= 4 is 40.3 Å². The lowest BCUT2D eigenvalue weighted by Gasteiger charge is -2.07. The number of aromatic nitrogens is 2. The summed E-state index contributed by atoms with van der Waals surface area (Å²) >= 11 is 7.56. The van der Waals surface area contributed by atoms with Crippen molar-refractivity contribution in [2.24, 2.45) is 0 Å². The van der Waals surface area contributed by atoms with E-state index >= 15 is 0 Å². The largest absolute Gasteiger partial charge is 0.306 e. The molecule has 0 saturated heterocycles. The van der Waals surface area contributed by atoms with Crippen molar-refractivity contribution in [1.29, 1.82) is 0 Å². The SMILES string of the molecule is O=C(Nc1c(-c2cccs2)nc2ccccn12)c1cccc(Cl)c1. The number of pyridine rings is 1. The summed E-state index contributed by atoms with van der Waals surface area (Å²) < 4.78 is 1.87. The van der Waals surface area contributed by atoms with E-state index in [4.69, 9.17) is 11.6 Å². The molecular formula is C18H12ClN3OS. The fourth-order valence-corrected chi connectivity index (χ4v) is 3.41. The highest BCUT2D eigenvalue weighted by Gasteiger charge is 2.17. The van der Waals surface area contributed by atoms with Crippen LogP contribution in [0.5, 0.6) is 0 Å². The Morgan fingerprint density at radius 2 is 2.04 bits per heavy atom. The van der Waals surface area contributed by atoms with Gasteiger partial charge >= 0.3 is 0 Å². The number of benzene rings is 1. The van der Waals surface area contributed by atoms with Gasteiger partial charge in [0, 0.05) is 16.8 Å². The summed E-state index contributed by atoms with van der Waals surface area (Å²) in [5, 5.41) is 5.49. The van der Waals surface area contributed by atoms with Crippen LogP contribution < -0.4 is 5.32 Å². The van der Waals surface area contributed by atoms with Gasteiger partial charge in [0.05, 0.1) is 4.88 Å². The number of halogens is 1. The van der Waals surface area contributed by atoms with Crippen LogP contribution >= 0.6 is 22.9 Å². The zero-order valence-corrected chi connectivity index (χ0v) is 14.0. The van der Waals surface area contributed by atoms with E-state index in [1.165, 1.54) is 0 Å². The van der Waals surface area contributed by atoms with E-state index in [0.717, 1.165) is 16.2 Å². The minimum absolute atomic E-state index is 0.221. The standard InChI is InChI=1S/C18H12ClN3OS/c19-13-6-3-5-12(11-13)18(23)21-17-16(14-7-4-10-24-14)20-15-8-1-2-9-22(15)17/h1-11H,(H,21,23). The predicted molar refractivity (Wildman–Crippen MR) is 97.9 cm³/mol. The highest BCUT2D eigenvalue weighted by atomic mass is 35.5. The number of nitrogens with zero attached hydrogens (tertiary/aromatic N) is 2. The van der Waals surface area contributed by atoms with Crippen molar-refractivity contribution in [2.45, 2.75) is 0 Å². The van der Waals surface area contributed by atoms with Gasteiger partial charge < -0.3 is 5.32 Å². The molecule has 4 aromatic rings. The van der Waals surface area contributed by atoms with Gasteiger partial charge in [-0.25, -0.2) is 4.98 Å². The molecule has 0 unspecified atom stereocenters. The van der Waals surface area contributed by atoms with Crippen LogP contribution in [0.25, 0.3) is 16.2 Å². The van der Waals surface area contributed by atoms with E-state index in [1.54, 1.807) is 35.6 Å².